The average molecular weight is 342 g/mol. The molecule has 5 nitrogen and oxygen atoms in total. The van der Waals surface area contributed by atoms with Crippen LogP contribution >= 0.6 is 11.6 Å². The first kappa shape index (κ1) is 16.2. The number of hydrogen-bond donors (Lipinski definition) is 1. The molecule has 1 atom stereocenters. The Balaban J connectivity index is 1.75. The van der Waals surface area contributed by atoms with Crippen molar-refractivity contribution in [1.82, 2.24) is 15.5 Å². The van der Waals surface area contributed by atoms with Crippen molar-refractivity contribution < 1.29 is 9.32 Å². The lowest BCUT2D eigenvalue weighted by atomic mass is 10.1. The van der Waals surface area contributed by atoms with Gasteiger partial charge in [-0.25, -0.2) is 0 Å². The van der Waals surface area contributed by atoms with E-state index in [1.165, 1.54) is 0 Å². The number of rotatable bonds is 4. The molecule has 3 aromatic rings. The highest BCUT2D eigenvalue weighted by molar-refractivity contribution is 6.33. The molecule has 6 heteroatoms. The lowest BCUT2D eigenvalue weighted by Crippen LogP contribution is -2.27. The summed E-state index contributed by atoms with van der Waals surface area (Å²) in [5.41, 5.74) is 2.39. The highest BCUT2D eigenvalue weighted by Gasteiger charge is 2.19. The number of benzene rings is 2. The number of nitrogens with zero attached hydrogens (tertiary/aromatic N) is 2. The third-order valence-corrected chi connectivity index (χ3v) is 3.88. The fraction of sp³-hybridized carbons (Fsp3) is 0.167. The van der Waals surface area contributed by atoms with E-state index in [1.54, 1.807) is 31.2 Å². The summed E-state index contributed by atoms with van der Waals surface area (Å²) in [6.45, 7) is 3.78. The van der Waals surface area contributed by atoms with Crippen LogP contribution in [-0.2, 0) is 0 Å². The van der Waals surface area contributed by atoms with Crippen molar-refractivity contribution in [2.45, 2.75) is 19.9 Å². The van der Waals surface area contributed by atoms with Gasteiger partial charge in [0.1, 0.15) is 6.04 Å². The van der Waals surface area contributed by atoms with E-state index in [-0.39, 0.29) is 5.91 Å². The second-order valence-electron chi connectivity index (χ2n) is 5.50. The first-order valence-corrected chi connectivity index (χ1v) is 7.88. The van der Waals surface area contributed by atoms with Crippen LogP contribution in [0.4, 0.5) is 0 Å². The summed E-state index contributed by atoms with van der Waals surface area (Å²) < 4.78 is 5.28. The number of nitrogens with one attached hydrogen (secondary N) is 1. The van der Waals surface area contributed by atoms with E-state index in [4.69, 9.17) is 16.1 Å². The SMILES string of the molecule is Cc1cccc(-c2noc([C@H](C)NC(=O)c3ccccc3Cl)n2)c1. The van der Waals surface area contributed by atoms with Gasteiger partial charge in [0.15, 0.2) is 0 Å². The second-order valence-corrected chi connectivity index (χ2v) is 5.91. The van der Waals surface area contributed by atoms with Gasteiger partial charge in [0.25, 0.3) is 5.91 Å². The predicted molar refractivity (Wildman–Crippen MR) is 91.8 cm³/mol. The first-order valence-electron chi connectivity index (χ1n) is 7.50. The van der Waals surface area contributed by atoms with Gasteiger partial charge in [0.2, 0.25) is 11.7 Å². The van der Waals surface area contributed by atoms with E-state index < -0.39 is 6.04 Å². The van der Waals surface area contributed by atoms with Crippen molar-refractivity contribution in [2.75, 3.05) is 0 Å². The van der Waals surface area contributed by atoms with Gasteiger partial charge >= 0.3 is 0 Å². The van der Waals surface area contributed by atoms with Gasteiger partial charge in [-0.2, -0.15) is 4.98 Å². The lowest BCUT2D eigenvalue weighted by molar-refractivity contribution is 0.0932. The number of carbonyl (C=O) groups is 1. The molecule has 2 aromatic carbocycles. The highest BCUT2D eigenvalue weighted by atomic mass is 35.5. The Kier molecular flexibility index (Phi) is 4.62. The Morgan fingerprint density at radius 1 is 1.21 bits per heavy atom. The molecule has 0 aliphatic carbocycles. The molecule has 1 aromatic heterocycles. The number of aryl methyl sites for hydroxylation is 1. The molecule has 3 rings (SSSR count). The topological polar surface area (TPSA) is 68.0 Å². The van der Waals surface area contributed by atoms with Crippen molar-refractivity contribution in [3.63, 3.8) is 0 Å². The molecule has 122 valence electrons. The van der Waals surface area contributed by atoms with Crippen LogP contribution in [0.1, 0.15) is 34.8 Å². The standard InChI is InChI=1S/C18H16ClN3O2/c1-11-6-5-7-13(10-11)16-21-18(24-22-16)12(2)20-17(23)14-8-3-4-9-15(14)19/h3-10,12H,1-2H3,(H,20,23)/t12-/m0/s1. The summed E-state index contributed by atoms with van der Waals surface area (Å²) in [5, 5.41) is 7.19. The zero-order valence-corrected chi connectivity index (χ0v) is 14.0. The Morgan fingerprint density at radius 3 is 2.75 bits per heavy atom. The smallest absolute Gasteiger partial charge is 0.253 e. The second kappa shape index (κ2) is 6.84. The molecule has 0 saturated heterocycles. The quantitative estimate of drug-likeness (QED) is 0.772. The van der Waals surface area contributed by atoms with Crippen LogP contribution in [0, 0.1) is 6.92 Å². The molecule has 1 amide bonds. The maximum Gasteiger partial charge on any atom is 0.253 e. The number of carbonyl (C=O) groups excluding carboxylic acids is 1. The Hall–Kier alpha value is -2.66. The summed E-state index contributed by atoms with van der Waals surface area (Å²) in [5.74, 6) is 0.544. The van der Waals surface area contributed by atoms with Gasteiger partial charge in [-0.05, 0) is 32.0 Å². The zero-order valence-electron chi connectivity index (χ0n) is 13.3. The molecule has 24 heavy (non-hydrogen) atoms. The summed E-state index contributed by atoms with van der Waals surface area (Å²) in [4.78, 5) is 16.7. The summed E-state index contributed by atoms with van der Waals surface area (Å²) in [6.07, 6.45) is 0. The van der Waals surface area contributed by atoms with E-state index in [0.29, 0.717) is 22.3 Å². The maximum absolute atomic E-state index is 12.3. The third kappa shape index (κ3) is 3.46. The van der Waals surface area contributed by atoms with Crippen LogP contribution in [0.15, 0.2) is 53.1 Å². The van der Waals surface area contributed by atoms with Crippen LogP contribution in [-0.4, -0.2) is 16.0 Å². The lowest BCUT2D eigenvalue weighted by Gasteiger charge is -2.10. The zero-order chi connectivity index (χ0) is 17.1. The largest absolute Gasteiger partial charge is 0.340 e. The van der Waals surface area contributed by atoms with Gasteiger partial charge in [-0.3, -0.25) is 4.79 Å². The molecule has 0 fully saturated rings. The molecular formula is C18H16ClN3O2. The van der Waals surface area contributed by atoms with Gasteiger partial charge in [0, 0.05) is 5.56 Å². The molecule has 0 bridgehead atoms. The average Bonchev–Trinajstić information content (AvgIpc) is 3.05. The molecular weight excluding hydrogens is 326 g/mol. The fourth-order valence-electron chi connectivity index (χ4n) is 2.29. The predicted octanol–water partition coefficient (Wildman–Crippen LogP) is 4.19. The highest BCUT2D eigenvalue weighted by Crippen LogP contribution is 2.21. The number of aromatic nitrogens is 2. The molecule has 1 N–H and O–H groups in total. The van der Waals surface area contributed by atoms with Crippen LogP contribution in [0.5, 0.6) is 0 Å². The molecule has 0 radical (unpaired) electrons. The fourth-order valence-corrected chi connectivity index (χ4v) is 2.52. The summed E-state index contributed by atoms with van der Waals surface area (Å²) in [7, 11) is 0. The minimum atomic E-state index is -0.431. The van der Waals surface area contributed by atoms with Gasteiger partial charge in [-0.15, -0.1) is 0 Å². The van der Waals surface area contributed by atoms with E-state index >= 15 is 0 Å². The third-order valence-electron chi connectivity index (χ3n) is 3.55. The number of amides is 1. The van der Waals surface area contributed by atoms with Crippen molar-refractivity contribution in [2.24, 2.45) is 0 Å². The normalized spacial score (nSPS) is 12.0. The van der Waals surface area contributed by atoms with Crippen molar-refractivity contribution in [3.05, 3.63) is 70.6 Å². The van der Waals surface area contributed by atoms with E-state index in [2.05, 4.69) is 15.5 Å². The maximum atomic E-state index is 12.3. The number of hydrogen-bond acceptors (Lipinski definition) is 4. The van der Waals surface area contributed by atoms with E-state index in [9.17, 15) is 4.79 Å². The Morgan fingerprint density at radius 2 is 2.00 bits per heavy atom. The Bertz CT molecular complexity index is 876. The van der Waals surface area contributed by atoms with Gasteiger partial charge < -0.3 is 9.84 Å². The van der Waals surface area contributed by atoms with Crippen molar-refractivity contribution in [3.8, 4) is 11.4 Å². The monoisotopic (exact) mass is 341 g/mol. The molecule has 0 aliphatic rings. The van der Waals surface area contributed by atoms with E-state index in [0.717, 1.165) is 11.1 Å². The van der Waals surface area contributed by atoms with E-state index in [1.807, 2.05) is 31.2 Å². The van der Waals surface area contributed by atoms with Crippen molar-refractivity contribution >= 4 is 17.5 Å². The molecule has 0 saturated carbocycles. The molecule has 1 heterocycles. The van der Waals surface area contributed by atoms with Crippen LogP contribution in [0.3, 0.4) is 0 Å². The first-order chi connectivity index (χ1) is 11.5. The van der Waals surface area contributed by atoms with Crippen LogP contribution in [0.25, 0.3) is 11.4 Å². The molecule has 0 unspecified atom stereocenters. The van der Waals surface area contributed by atoms with Gasteiger partial charge in [0.05, 0.1) is 10.6 Å². The minimum absolute atomic E-state index is 0.289. The molecule has 0 spiro atoms. The van der Waals surface area contributed by atoms with Gasteiger partial charge in [-0.1, -0.05) is 52.7 Å². The van der Waals surface area contributed by atoms with Crippen molar-refractivity contribution in [1.29, 1.82) is 0 Å². The minimum Gasteiger partial charge on any atom is -0.340 e. The molecule has 0 aliphatic heterocycles. The van der Waals surface area contributed by atoms with Crippen LogP contribution < -0.4 is 5.32 Å². The number of halogens is 1. The summed E-state index contributed by atoms with van der Waals surface area (Å²) >= 11 is 6.04. The summed E-state index contributed by atoms with van der Waals surface area (Å²) in [6, 6.07) is 14.2. The van der Waals surface area contributed by atoms with Crippen LogP contribution in [0.2, 0.25) is 5.02 Å². The Labute approximate surface area is 144 Å².